The Bertz CT molecular complexity index is 611. The molecule has 1 N–H and O–H groups in total. The minimum Gasteiger partial charge on any atom is -0.477 e. The zero-order valence-electron chi connectivity index (χ0n) is 12.4. The first-order valence-corrected chi connectivity index (χ1v) is 7.72. The minimum atomic E-state index is -0.901. The molecular formula is C15H19N3O2S. The van der Waals surface area contributed by atoms with E-state index in [1.165, 1.54) is 11.3 Å². The molecule has 21 heavy (non-hydrogen) atoms. The predicted octanol–water partition coefficient (Wildman–Crippen LogP) is 3.39. The fourth-order valence-electron chi connectivity index (χ4n) is 2.02. The zero-order chi connectivity index (χ0) is 15.4. The molecule has 0 fully saturated rings. The van der Waals surface area contributed by atoms with Crippen LogP contribution in [-0.4, -0.2) is 27.6 Å². The normalized spacial score (nSPS) is 10.9. The molecule has 0 spiro atoms. The maximum atomic E-state index is 11.4. The van der Waals surface area contributed by atoms with Gasteiger partial charge in [0.2, 0.25) is 0 Å². The Hall–Kier alpha value is -1.95. The van der Waals surface area contributed by atoms with E-state index >= 15 is 0 Å². The molecule has 0 bridgehead atoms. The molecule has 0 aromatic carbocycles. The Balaban J connectivity index is 2.30. The van der Waals surface area contributed by atoms with Crippen LogP contribution in [0.3, 0.4) is 0 Å². The van der Waals surface area contributed by atoms with Crippen LogP contribution < -0.4 is 4.90 Å². The van der Waals surface area contributed by atoms with Gasteiger partial charge in [0.05, 0.1) is 5.69 Å². The van der Waals surface area contributed by atoms with Gasteiger partial charge in [-0.2, -0.15) is 0 Å². The summed E-state index contributed by atoms with van der Waals surface area (Å²) in [5, 5.41) is 10.1. The monoisotopic (exact) mass is 305 g/mol. The van der Waals surface area contributed by atoms with E-state index in [0.29, 0.717) is 17.1 Å². The summed E-state index contributed by atoms with van der Waals surface area (Å²) in [5.41, 5.74) is 1.79. The maximum Gasteiger partial charge on any atom is 0.347 e. The van der Waals surface area contributed by atoms with Crippen molar-refractivity contribution in [1.82, 2.24) is 9.97 Å². The van der Waals surface area contributed by atoms with E-state index in [0.717, 1.165) is 17.2 Å². The lowest BCUT2D eigenvalue weighted by Crippen LogP contribution is -2.21. The van der Waals surface area contributed by atoms with Gasteiger partial charge in [0.1, 0.15) is 4.88 Å². The number of aromatic carboxylic acids is 1. The van der Waals surface area contributed by atoms with Crippen LogP contribution in [0.5, 0.6) is 0 Å². The highest BCUT2D eigenvalue weighted by molar-refractivity contribution is 7.17. The summed E-state index contributed by atoms with van der Waals surface area (Å²) in [7, 11) is 0. The van der Waals surface area contributed by atoms with Gasteiger partial charge in [0.15, 0.2) is 5.13 Å². The second-order valence-electron chi connectivity index (χ2n) is 5.04. The summed E-state index contributed by atoms with van der Waals surface area (Å²) in [6, 6.07) is 3.91. The Morgan fingerprint density at radius 1 is 1.38 bits per heavy atom. The highest BCUT2D eigenvalue weighted by Gasteiger charge is 2.22. The van der Waals surface area contributed by atoms with E-state index < -0.39 is 5.97 Å². The molecule has 0 aliphatic rings. The van der Waals surface area contributed by atoms with E-state index in [-0.39, 0.29) is 5.92 Å². The number of carbonyl (C=O) groups is 1. The van der Waals surface area contributed by atoms with E-state index in [2.05, 4.69) is 14.9 Å². The minimum absolute atomic E-state index is 0.0979. The largest absolute Gasteiger partial charge is 0.477 e. The third kappa shape index (κ3) is 3.58. The van der Waals surface area contributed by atoms with Gasteiger partial charge in [0.25, 0.3) is 0 Å². The molecule has 0 saturated carbocycles. The van der Waals surface area contributed by atoms with Crippen molar-refractivity contribution in [1.29, 1.82) is 0 Å². The molecular weight excluding hydrogens is 286 g/mol. The summed E-state index contributed by atoms with van der Waals surface area (Å²) in [6.45, 7) is 7.43. The molecule has 0 atom stereocenters. The lowest BCUT2D eigenvalue weighted by atomic mass is 10.1. The smallest absolute Gasteiger partial charge is 0.347 e. The number of carboxylic acid groups (broad SMARTS) is 1. The Morgan fingerprint density at radius 3 is 2.52 bits per heavy atom. The third-order valence-corrected chi connectivity index (χ3v) is 4.28. The molecule has 0 unspecified atom stereocenters. The molecule has 5 nitrogen and oxygen atoms in total. The van der Waals surface area contributed by atoms with E-state index in [4.69, 9.17) is 0 Å². The average molecular weight is 305 g/mol. The molecule has 2 rings (SSSR count). The first-order chi connectivity index (χ1) is 10.0. The van der Waals surface area contributed by atoms with Crippen LogP contribution in [0.4, 0.5) is 5.13 Å². The molecule has 0 aliphatic heterocycles. The molecule has 0 amide bonds. The van der Waals surface area contributed by atoms with Gasteiger partial charge in [-0.25, -0.2) is 9.78 Å². The second-order valence-corrected chi connectivity index (χ2v) is 6.02. The maximum absolute atomic E-state index is 11.4. The molecule has 0 radical (unpaired) electrons. The predicted molar refractivity (Wildman–Crippen MR) is 84.1 cm³/mol. The standard InChI is InChI=1S/C15H19N3O2S/c1-4-18(9-11-5-7-16-8-6-11)15-17-12(10(2)3)13(21-15)14(19)20/h5-8,10H,4,9H2,1-3H3,(H,19,20). The number of nitrogens with zero attached hydrogens (tertiary/aromatic N) is 3. The number of hydrogen-bond donors (Lipinski definition) is 1. The first-order valence-electron chi connectivity index (χ1n) is 6.90. The van der Waals surface area contributed by atoms with Gasteiger partial charge >= 0.3 is 5.97 Å². The van der Waals surface area contributed by atoms with Gasteiger partial charge in [-0.3, -0.25) is 4.98 Å². The summed E-state index contributed by atoms with van der Waals surface area (Å²) < 4.78 is 0. The number of anilines is 1. The number of carboxylic acids is 1. The van der Waals surface area contributed by atoms with Gasteiger partial charge in [0, 0.05) is 25.5 Å². The van der Waals surface area contributed by atoms with Crippen molar-refractivity contribution in [3.8, 4) is 0 Å². The van der Waals surface area contributed by atoms with Crippen LogP contribution in [0.1, 0.15) is 47.6 Å². The average Bonchev–Trinajstić information content (AvgIpc) is 2.91. The second kappa shape index (κ2) is 6.67. The number of thiazole rings is 1. The number of aromatic nitrogens is 2. The van der Waals surface area contributed by atoms with Crippen LogP contribution in [0.15, 0.2) is 24.5 Å². The summed E-state index contributed by atoms with van der Waals surface area (Å²) in [6.07, 6.45) is 3.51. The number of rotatable bonds is 6. The van der Waals surface area contributed by atoms with Crippen LogP contribution in [0.2, 0.25) is 0 Å². The molecule has 2 heterocycles. The van der Waals surface area contributed by atoms with Gasteiger partial charge in [-0.05, 0) is 30.5 Å². The van der Waals surface area contributed by atoms with Crippen LogP contribution in [0, 0.1) is 0 Å². The molecule has 0 aliphatic carbocycles. The van der Waals surface area contributed by atoms with E-state index in [9.17, 15) is 9.90 Å². The van der Waals surface area contributed by atoms with Crippen LogP contribution in [0.25, 0.3) is 0 Å². The summed E-state index contributed by atoms with van der Waals surface area (Å²) >= 11 is 1.25. The van der Waals surface area contributed by atoms with Crippen molar-refractivity contribution in [3.63, 3.8) is 0 Å². The van der Waals surface area contributed by atoms with Crippen LogP contribution >= 0.6 is 11.3 Å². The van der Waals surface area contributed by atoms with Gasteiger partial charge in [-0.1, -0.05) is 25.2 Å². The van der Waals surface area contributed by atoms with Crippen LogP contribution in [-0.2, 0) is 6.54 Å². The summed E-state index contributed by atoms with van der Waals surface area (Å²) in [4.78, 5) is 22.3. The highest BCUT2D eigenvalue weighted by atomic mass is 32.1. The van der Waals surface area contributed by atoms with Crippen molar-refractivity contribution >= 4 is 22.4 Å². The van der Waals surface area contributed by atoms with Crippen molar-refractivity contribution in [3.05, 3.63) is 40.7 Å². The quantitative estimate of drug-likeness (QED) is 0.886. The Morgan fingerprint density at radius 2 is 2.05 bits per heavy atom. The van der Waals surface area contributed by atoms with Crippen molar-refractivity contribution in [2.75, 3.05) is 11.4 Å². The molecule has 6 heteroatoms. The third-order valence-electron chi connectivity index (χ3n) is 3.16. The highest BCUT2D eigenvalue weighted by Crippen LogP contribution is 2.31. The Kier molecular flexibility index (Phi) is 4.90. The molecule has 112 valence electrons. The lowest BCUT2D eigenvalue weighted by molar-refractivity contribution is 0.0700. The molecule has 0 saturated heterocycles. The van der Waals surface area contributed by atoms with Crippen molar-refractivity contribution in [2.45, 2.75) is 33.2 Å². The SMILES string of the molecule is CCN(Cc1ccncc1)c1nc(C(C)C)c(C(=O)O)s1. The van der Waals surface area contributed by atoms with Gasteiger partial charge < -0.3 is 10.0 Å². The number of pyridine rings is 1. The molecule has 2 aromatic heterocycles. The Labute approximate surface area is 128 Å². The fraction of sp³-hybridized carbons (Fsp3) is 0.400. The topological polar surface area (TPSA) is 66.3 Å². The van der Waals surface area contributed by atoms with Crippen molar-refractivity contribution in [2.24, 2.45) is 0 Å². The fourth-order valence-corrected chi connectivity index (χ4v) is 3.15. The van der Waals surface area contributed by atoms with E-state index in [1.54, 1.807) is 12.4 Å². The zero-order valence-corrected chi connectivity index (χ0v) is 13.2. The van der Waals surface area contributed by atoms with E-state index in [1.807, 2.05) is 32.9 Å². The first kappa shape index (κ1) is 15.4. The van der Waals surface area contributed by atoms with Gasteiger partial charge in [-0.15, -0.1) is 0 Å². The molecule has 2 aromatic rings. The van der Waals surface area contributed by atoms with Crippen molar-refractivity contribution < 1.29 is 9.90 Å². The summed E-state index contributed by atoms with van der Waals surface area (Å²) in [5.74, 6) is -0.803. The number of hydrogen-bond acceptors (Lipinski definition) is 5. The lowest BCUT2D eigenvalue weighted by Gasteiger charge is -2.19.